The summed E-state index contributed by atoms with van der Waals surface area (Å²) in [5.74, 6) is -2.04. The molecule has 1 aliphatic heterocycles. The summed E-state index contributed by atoms with van der Waals surface area (Å²) in [6.45, 7) is 0. The fourth-order valence-electron chi connectivity index (χ4n) is 2.76. The Balaban J connectivity index is 2.05. The average Bonchev–Trinajstić information content (AvgIpc) is 2.47. The molecule has 1 N–H and O–H groups in total. The lowest BCUT2D eigenvalue weighted by molar-refractivity contribution is -0.135. The Bertz CT molecular complexity index is 688. The lowest BCUT2D eigenvalue weighted by Crippen LogP contribution is -2.43. The van der Waals surface area contributed by atoms with Gasteiger partial charge in [-0.15, -0.1) is 0 Å². The molecule has 2 aromatic rings. The summed E-state index contributed by atoms with van der Waals surface area (Å²) in [5, 5.41) is 2.33. The summed E-state index contributed by atoms with van der Waals surface area (Å²) in [4.78, 5) is 27.9. The molecule has 4 nitrogen and oxygen atoms in total. The summed E-state index contributed by atoms with van der Waals surface area (Å²) in [6, 6.07) is 9.52. The number of piperidine rings is 1. The predicted molar refractivity (Wildman–Crippen MR) is 73.9 cm³/mol. The number of carbonyl (C=O) groups excluding carboxylic acids is 2. The topological polar surface area (TPSA) is 59.1 Å². The Morgan fingerprint density at radius 3 is 2.67 bits per heavy atom. The van der Waals surface area contributed by atoms with Crippen molar-refractivity contribution in [2.45, 2.75) is 18.3 Å². The molecule has 1 fully saturated rings. The Kier molecular flexibility index (Phi) is 3.48. The van der Waals surface area contributed by atoms with E-state index < -0.39 is 17.6 Å². The van der Waals surface area contributed by atoms with Gasteiger partial charge in [0.15, 0.2) is 0 Å². The van der Waals surface area contributed by atoms with Crippen LogP contribution in [-0.2, 0) is 9.59 Å². The minimum absolute atomic E-state index is 0.179. The van der Waals surface area contributed by atoms with Gasteiger partial charge in [0.1, 0.15) is 5.82 Å². The van der Waals surface area contributed by atoms with E-state index in [1.807, 2.05) is 6.07 Å². The van der Waals surface area contributed by atoms with Crippen LogP contribution in [0.25, 0.3) is 0 Å². The maximum absolute atomic E-state index is 13.4. The Morgan fingerprint density at radius 2 is 1.95 bits per heavy atom. The fourth-order valence-corrected chi connectivity index (χ4v) is 2.76. The Hall–Kier alpha value is -2.56. The molecule has 1 aromatic heterocycles. The molecule has 0 saturated carbocycles. The number of pyridine rings is 1. The van der Waals surface area contributed by atoms with Gasteiger partial charge in [0.25, 0.3) is 0 Å². The summed E-state index contributed by atoms with van der Waals surface area (Å²) >= 11 is 0. The van der Waals surface area contributed by atoms with Crippen molar-refractivity contribution in [2.24, 2.45) is 0 Å². The first-order valence-corrected chi connectivity index (χ1v) is 6.64. The van der Waals surface area contributed by atoms with Crippen LogP contribution in [0.1, 0.15) is 29.4 Å². The summed E-state index contributed by atoms with van der Waals surface area (Å²) in [6.07, 6.45) is 3.45. The molecule has 106 valence electrons. The highest BCUT2D eigenvalue weighted by atomic mass is 19.1. The van der Waals surface area contributed by atoms with E-state index in [0.29, 0.717) is 5.56 Å². The molecule has 1 aromatic carbocycles. The highest BCUT2D eigenvalue weighted by Crippen LogP contribution is 2.38. The number of aromatic nitrogens is 1. The molecule has 2 amide bonds. The van der Waals surface area contributed by atoms with Crippen LogP contribution in [0.4, 0.5) is 4.39 Å². The van der Waals surface area contributed by atoms with E-state index in [0.717, 1.165) is 5.56 Å². The van der Waals surface area contributed by atoms with Gasteiger partial charge in [-0.05, 0) is 29.3 Å². The zero-order chi connectivity index (χ0) is 14.8. The van der Waals surface area contributed by atoms with Gasteiger partial charge in [-0.3, -0.25) is 19.9 Å². The number of hydrogen-bond donors (Lipinski definition) is 1. The van der Waals surface area contributed by atoms with Crippen molar-refractivity contribution in [1.82, 2.24) is 10.3 Å². The monoisotopic (exact) mass is 284 g/mol. The minimum Gasteiger partial charge on any atom is -0.296 e. The summed E-state index contributed by atoms with van der Waals surface area (Å²) < 4.78 is 13.4. The van der Waals surface area contributed by atoms with Crippen molar-refractivity contribution < 1.29 is 14.0 Å². The predicted octanol–water partition coefficient (Wildman–Crippen LogP) is 2.13. The highest BCUT2D eigenvalue weighted by Gasteiger charge is 2.38. The van der Waals surface area contributed by atoms with Gasteiger partial charge < -0.3 is 0 Å². The van der Waals surface area contributed by atoms with Crippen LogP contribution in [0.5, 0.6) is 0 Å². The number of halogens is 1. The molecule has 2 unspecified atom stereocenters. The third kappa shape index (κ3) is 2.67. The van der Waals surface area contributed by atoms with E-state index in [-0.39, 0.29) is 18.2 Å². The smallest absolute Gasteiger partial charge is 0.234 e. The zero-order valence-corrected chi connectivity index (χ0v) is 11.1. The van der Waals surface area contributed by atoms with E-state index in [1.54, 1.807) is 30.6 Å². The molecule has 2 atom stereocenters. The van der Waals surface area contributed by atoms with Crippen LogP contribution in [0.3, 0.4) is 0 Å². The molecule has 5 heteroatoms. The second-order valence-corrected chi connectivity index (χ2v) is 5.04. The molecule has 21 heavy (non-hydrogen) atoms. The minimum atomic E-state index is -0.595. The van der Waals surface area contributed by atoms with Crippen molar-refractivity contribution in [3.05, 3.63) is 65.7 Å². The Labute approximate surface area is 121 Å². The van der Waals surface area contributed by atoms with Crippen LogP contribution >= 0.6 is 0 Å². The van der Waals surface area contributed by atoms with Crippen molar-refractivity contribution in [3.8, 4) is 0 Å². The fraction of sp³-hybridized carbons (Fsp3) is 0.188. The number of benzene rings is 1. The molecule has 0 aliphatic carbocycles. The van der Waals surface area contributed by atoms with E-state index in [2.05, 4.69) is 10.3 Å². The molecular weight excluding hydrogens is 271 g/mol. The third-order valence-corrected chi connectivity index (χ3v) is 3.67. The SMILES string of the molecule is O=C1CC(c2cccnc2)C(c2cccc(F)c2)C(=O)N1. The molecule has 0 bridgehead atoms. The van der Waals surface area contributed by atoms with Crippen LogP contribution < -0.4 is 5.32 Å². The number of hydrogen-bond acceptors (Lipinski definition) is 3. The van der Waals surface area contributed by atoms with Crippen molar-refractivity contribution in [3.63, 3.8) is 0 Å². The number of nitrogens with one attached hydrogen (secondary N) is 1. The van der Waals surface area contributed by atoms with Crippen molar-refractivity contribution >= 4 is 11.8 Å². The number of carbonyl (C=O) groups is 2. The Morgan fingerprint density at radius 1 is 1.14 bits per heavy atom. The van der Waals surface area contributed by atoms with E-state index in [1.165, 1.54) is 12.1 Å². The van der Waals surface area contributed by atoms with Crippen LogP contribution in [0.15, 0.2) is 48.8 Å². The molecular formula is C16H13FN2O2. The number of nitrogens with zero attached hydrogens (tertiary/aromatic N) is 1. The van der Waals surface area contributed by atoms with Gasteiger partial charge in [-0.1, -0.05) is 18.2 Å². The molecule has 0 radical (unpaired) electrons. The second-order valence-electron chi connectivity index (χ2n) is 5.04. The quantitative estimate of drug-likeness (QED) is 0.859. The lowest BCUT2D eigenvalue weighted by Gasteiger charge is -2.30. The second kappa shape index (κ2) is 5.44. The standard InChI is InChI=1S/C16H13FN2O2/c17-12-5-1-3-10(7-12)15-13(8-14(20)19-16(15)21)11-4-2-6-18-9-11/h1-7,9,13,15H,8H2,(H,19,20,21). The highest BCUT2D eigenvalue weighted by molar-refractivity contribution is 6.02. The molecule has 2 heterocycles. The largest absolute Gasteiger partial charge is 0.296 e. The van der Waals surface area contributed by atoms with Gasteiger partial charge >= 0.3 is 0 Å². The van der Waals surface area contributed by atoms with Crippen molar-refractivity contribution in [1.29, 1.82) is 0 Å². The lowest BCUT2D eigenvalue weighted by atomic mass is 9.77. The molecule has 1 aliphatic rings. The maximum atomic E-state index is 13.4. The normalized spacial score (nSPS) is 22.0. The van der Waals surface area contributed by atoms with E-state index in [9.17, 15) is 14.0 Å². The third-order valence-electron chi connectivity index (χ3n) is 3.67. The summed E-state index contributed by atoms with van der Waals surface area (Å²) in [7, 11) is 0. The van der Waals surface area contributed by atoms with Crippen LogP contribution in [0.2, 0.25) is 0 Å². The van der Waals surface area contributed by atoms with Crippen LogP contribution in [-0.4, -0.2) is 16.8 Å². The van der Waals surface area contributed by atoms with Crippen LogP contribution in [0, 0.1) is 5.82 Å². The first-order chi connectivity index (χ1) is 10.1. The maximum Gasteiger partial charge on any atom is 0.234 e. The number of imide groups is 1. The van der Waals surface area contributed by atoms with Gasteiger partial charge in [0, 0.05) is 24.7 Å². The van der Waals surface area contributed by atoms with E-state index >= 15 is 0 Å². The first kappa shape index (κ1) is 13.4. The number of rotatable bonds is 2. The molecule has 3 rings (SSSR count). The van der Waals surface area contributed by atoms with Gasteiger partial charge in [0.2, 0.25) is 11.8 Å². The van der Waals surface area contributed by atoms with E-state index in [4.69, 9.17) is 0 Å². The van der Waals surface area contributed by atoms with Gasteiger partial charge in [-0.25, -0.2) is 4.39 Å². The first-order valence-electron chi connectivity index (χ1n) is 6.64. The summed E-state index contributed by atoms with van der Waals surface area (Å²) in [5.41, 5.74) is 1.36. The molecule has 1 saturated heterocycles. The average molecular weight is 284 g/mol. The van der Waals surface area contributed by atoms with Crippen molar-refractivity contribution in [2.75, 3.05) is 0 Å². The number of amides is 2. The van der Waals surface area contributed by atoms with Gasteiger partial charge in [-0.2, -0.15) is 0 Å². The zero-order valence-electron chi connectivity index (χ0n) is 11.1. The van der Waals surface area contributed by atoms with Gasteiger partial charge in [0.05, 0.1) is 5.92 Å². The molecule has 0 spiro atoms.